The quantitative estimate of drug-likeness (QED) is 0.365. The van der Waals surface area contributed by atoms with Gasteiger partial charge in [0, 0.05) is 10.9 Å². The molecule has 0 amide bonds. The van der Waals surface area contributed by atoms with E-state index in [-0.39, 0.29) is 5.56 Å². The van der Waals surface area contributed by atoms with Crippen molar-refractivity contribution in [3.63, 3.8) is 0 Å². The topological polar surface area (TPSA) is 60.4 Å². The van der Waals surface area contributed by atoms with E-state index in [0.717, 1.165) is 27.7 Å². The number of hydrogen-bond acceptors (Lipinski definition) is 4. The van der Waals surface area contributed by atoms with E-state index in [2.05, 4.69) is 24.2 Å². The van der Waals surface area contributed by atoms with Crippen LogP contribution in [0.1, 0.15) is 22.3 Å². The van der Waals surface area contributed by atoms with Crippen LogP contribution in [-0.2, 0) is 0 Å². The average Bonchev–Trinajstić information content (AvgIpc) is 3.18. The predicted molar refractivity (Wildman–Crippen MR) is 125 cm³/mol. The van der Waals surface area contributed by atoms with Crippen LogP contribution in [0.4, 0.5) is 0 Å². The summed E-state index contributed by atoms with van der Waals surface area (Å²) in [6, 6.07) is 21.1. The van der Waals surface area contributed by atoms with Crippen molar-refractivity contribution in [1.82, 2.24) is 9.66 Å². The molecule has 31 heavy (non-hydrogen) atoms. The summed E-state index contributed by atoms with van der Waals surface area (Å²) in [5.74, 6) is 0.872. The first-order valence-corrected chi connectivity index (χ1v) is 10.1. The van der Waals surface area contributed by atoms with Gasteiger partial charge in [0.05, 0.1) is 17.1 Å². The van der Waals surface area contributed by atoms with Crippen molar-refractivity contribution in [2.45, 2.75) is 20.8 Å². The molecule has 5 nitrogen and oxygen atoms in total. The molecule has 0 fully saturated rings. The van der Waals surface area contributed by atoms with Crippen molar-refractivity contribution in [2.75, 3.05) is 0 Å². The van der Waals surface area contributed by atoms with Crippen LogP contribution >= 0.6 is 0 Å². The molecule has 5 aromatic rings. The Morgan fingerprint density at radius 1 is 0.935 bits per heavy atom. The molecule has 0 spiro atoms. The standard InChI is InChI=1S/C26H21N3O2/c1-16-12-17(2)21(18(3)13-16)15-27-29-25(24-14-19-8-4-7-11-23(19)31-24)28-22-10-6-5-9-20(22)26(29)30/h4-15H,1-3H3. The zero-order valence-electron chi connectivity index (χ0n) is 17.6. The van der Waals surface area contributed by atoms with E-state index in [1.807, 2.05) is 62.4 Å². The normalized spacial score (nSPS) is 11.7. The van der Waals surface area contributed by atoms with E-state index in [1.54, 1.807) is 12.3 Å². The number of para-hydroxylation sites is 2. The molecule has 0 aliphatic carbocycles. The van der Waals surface area contributed by atoms with Crippen molar-refractivity contribution in [3.05, 3.63) is 99.3 Å². The second kappa shape index (κ2) is 7.36. The van der Waals surface area contributed by atoms with Gasteiger partial charge in [0.25, 0.3) is 5.56 Å². The molecule has 0 atom stereocenters. The Bertz CT molecular complexity index is 1480. The lowest BCUT2D eigenvalue weighted by Gasteiger charge is -2.09. The third-order valence-electron chi connectivity index (χ3n) is 5.44. The number of rotatable bonds is 3. The van der Waals surface area contributed by atoms with Gasteiger partial charge in [-0.25, -0.2) is 4.98 Å². The van der Waals surface area contributed by atoms with Gasteiger partial charge < -0.3 is 4.42 Å². The molecule has 0 aliphatic rings. The van der Waals surface area contributed by atoms with Crippen LogP contribution in [0, 0.1) is 20.8 Å². The first kappa shape index (κ1) is 19.0. The summed E-state index contributed by atoms with van der Waals surface area (Å²) in [7, 11) is 0. The summed E-state index contributed by atoms with van der Waals surface area (Å²) in [6.07, 6.45) is 1.73. The molecular formula is C26H21N3O2. The highest BCUT2D eigenvalue weighted by Gasteiger charge is 2.16. The Morgan fingerprint density at radius 3 is 2.42 bits per heavy atom. The third-order valence-corrected chi connectivity index (χ3v) is 5.44. The third kappa shape index (κ3) is 3.34. The van der Waals surface area contributed by atoms with Crippen molar-refractivity contribution in [2.24, 2.45) is 5.10 Å². The zero-order valence-corrected chi connectivity index (χ0v) is 17.6. The Labute approximate surface area is 179 Å². The fourth-order valence-corrected chi connectivity index (χ4v) is 3.99. The van der Waals surface area contributed by atoms with Gasteiger partial charge in [-0.3, -0.25) is 4.79 Å². The molecule has 0 radical (unpaired) electrons. The Balaban J connectivity index is 1.76. The molecule has 2 aromatic heterocycles. The van der Waals surface area contributed by atoms with Crippen molar-refractivity contribution in [3.8, 4) is 11.6 Å². The summed E-state index contributed by atoms with van der Waals surface area (Å²) in [5.41, 5.74) is 5.50. The molecule has 5 rings (SSSR count). The van der Waals surface area contributed by atoms with Crippen molar-refractivity contribution >= 4 is 28.1 Å². The number of fused-ring (bicyclic) bond motifs is 2. The molecule has 2 heterocycles. The van der Waals surface area contributed by atoms with E-state index in [9.17, 15) is 4.79 Å². The maximum atomic E-state index is 13.4. The van der Waals surface area contributed by atoms with E-state index in [4.69, 9.17) is 9.40 Å². The highest BCUT2D eigenvalue weighted by molar-refractivity contribution is 5.86. The minimum absolute atomic E-state index is 0.236. The fraction of sp³-hybridized carbons (Fsp3) is 0.115. The molecule has 0 bridgehead atoms. The Morgan fingerprint density at radius 2 is 1.65 bits per heavy atom. The number of benzene rings is 3. The Hall–Kier alpha value is -3.99. The number of nitrogens with zero attached hydrogens (tertiary/aromatic N) is 3. The zero-order chi connectivity index (χ0) is 21.5. The van der Waals surface area contributed by atoms with Crippen LogP contribution in [0.2, 0.25) is 0 Å². The monoisotopic (exact) mass is 407 g/mol. The maximum Gasteiger partial charge on any atom is 0.282 e. The van der Waals surface area contributed by atoms with Crippen LogP contribution < -0.4 is 5.56 Å². The van der Waals surface area contributed by atoms with Crippen molar-refractivity contribution < 1.29 is 4.42 Å². The molecule has 0 saturated heterocycles. The van der Waals surface area contributed by atoms with Gasteiger partial charge in [-0.2, -0.15) is 9.78 Å². The maximum absolute atomic E-state index is 13.4. The van der Waals surface area contributed by atoms with Gasteiger partial charge in [0.15, 0.2) is 5.76 Å². The second-order valence-corrected chi connectivity index (χ2v) is 7.77. The predicted octanol–water partition coefficient (Wildman–Crippen LogP) is 5.62. The van der Waals surface area contributed by atoms with Crippen molar-refractivity contribution in [1.29, 1.82) is 0 Å². The van der Waals surface area contributed by atoms with Crippen LogP contribution in [0.3, 0.4) is 0 Å². The van der Waals surface area contributed by atoms with E-state index in [1.165, 1.54) is 10.2 Å². The number of aryl methyl sites for hydroxylation is 3. The molecule has 5 heteroatoms. The first-order chi connectivity index (χ1) is 15.0. The second-order valence-electron chi connectivity index (χ2n) is 7.77. The number of aromatic nitrogens is 2. The molecule has 152 valence electrons. The van der Waals surface area contributed by atoms with Gasteiger partial charge >= 0.3 is 0 Å². The van der Waals surface area contributed by atoms with E-state index < -0.39 is 0 Å². The minimum atomic E-state index is -0.236. The summed E-state index contributed by atoms with van der Waals surface area (Å²) in [6.45, 7) is 6.16. The van der Waals surface area contributed by atoms with Gasteiger partial charge in [-0.15, -0.1) is 0 Å². The molecule has 0 N–H and O–H groups in total. The van der Waals surface area contributed by atoms with Crippen LogP contribution in [0.15, 0.2) is 81.0 Å². The lowest BCUT2D eigenvalue weighted by atomic mass is 10.0. The smallest absolute Gasteiger partial charge is 0.282 e. The highest BCUT2D eigenvalue weighted by atomic mass is 16.3. The molecule has 0 aliphatic heterocycles. The molecule has 3 aromatic carbocycles. The number of hydrogen-bond donors (Lipinski definition) is 0. The summed E-state index contributed by atoms with van der Waals surface area (Å²) >= 11 is 0. The summed E-state index contributed by atoms with van der Waals surface area (Å²) < 4.78 is 7.35. The average molecular weight is 407 g/mol. The van der Waals surface area contributed by atoms with Crippen LogP contribution in [0.5, 0.6) is 0 Å². The van der Waals surface area contributed by atoms with E-state index in [0.29, 0.717) is 22.5 Å². The SMILES string of the molecule is Cc1cc(C)c(C=Nn2c(-c3cc4ccccc4o3)nc3ccccc3c2=O)c(C)c1. The van der Waals surface area contributed by atoms with Gasteiger partial charge in [0.2, 0.25) is 5.82 Å². The highest BCUT2D eigenvalue weighted by Crippen LogP contribution is 2.27. The van der Waals surface area contributed by atoms with Gasteiger partial charge in [0.1, 0.15) is 5.58 Å². The lowest BCUT2D eigenvalue weighted by molar-refractivity contribution is 0.616. The van der Waals surface area contributed by atoms with Crippen LogP contribution in [-0.4, -0.2) is 15.9 Å². The largest absolute Gasteiger partial charge is 0.453 e. The molecular weight excluding hydrogens is 386 g/mol. The van der Waals surface area contributed by atoms with Crippen LogP contribution in [0.25, 0.3) is 33.5 Å². The van der Waals surface area contributed by atoms with Gasteiger partial charge in [-0.1, -0.05) is 48.0 Å². The first-order valence-electron chi connectivity index (χ1n) is 10.1. The number of furan rings is 1. The summed E-state index contributed by atoms with van der Waals surface area (Å²) in [5, 5.41) is 6.04. The summed E-state index contributed by atoms with van der Waals surface area (Å²) in [4.78, 5) is 18.1. The van der Waals surface area contributed by atoms with E-state index >= 15 is 0 Å². The Kier molecular flexibility index (Phi) is 4.51. The molecule has 0 unspecified atom stereocenters. The lowest BCUT2D eigenvalue weighted by Crippen LogP contribution is -2.20. The molecule has 0 saturated carbocycles. The van der Waals surface area contributed by atoms with Gasteiger partial charge in [-0.05, 0) is 56.2 Å². The fourth-order valence-electron chi connectivity index (χ4n) is 3.99. The minimum Gasteiger partial charge on any atom is -0.453 e.